The van der Waals surface area contributed by atoms with Crippen LogP contribution in [0.2, 0.25) is 0 Å². The molecule has 0 N–H and O–H groups in total. The number of ether oxygens (including phenoxy) is 1. The van der Waals surface area contributed by atoms with Gasteiger partial charge in [-0.2, -0.15) is 0 Å². The van der Waals surface area contributed by atoms with Crippen LogP contribution in [-0.2, 0) is 9.59 Å². The summed E-state index contributed by atoms with van der Waals surface area (Å²) in [7, 11) is 0. The molecule has 1 unspecified atom stereocenters. The van der Waals surface area contributed by atoms with Crippen molar-refractivity contribution < 1.29 is 14.3 Å². The van der Waals surface area contributed by atoms with Crippen molar-refractivity contribution in [2.24, 2.45) is 0 Å². The van der Waals surface area contributed by atoms with Gasteiger partial charge in [0.2, 0.25) is 0 Å². The Hall–Kier alpha value is -1.86. The van der Waals surface area contributed by atoms with E-state index in [1.165, 1.54) is 0 Å². The number of benzene rings is 1. The van der Waals surface area contributed by atoms with Crippen LogP contribution in [-0.4, -0.2) is 11.9 Å². The number of hydrogen-bond acceptors (Lipinski definition) is 3. The molecule has 1 aliphatic rings. The Bertz CT molecular complexity index is 482. The lowest BCUT2D eigenvalue weighted by atomic mass is 9.88. The van der Waals surface area contributed by atoms with Gasteiger partial charge in [-0.15, -0.1) is 0 Å². The fourth-order valence-electron chi connectivity index (χ4n) is 1.90. The van der Waals surface area contributed by atoms with Gasteiger partial charge in [-0.25, -0.2) is 9.59 Å². The third-order valence-corrected chi connectivity index (χ3v) is 2.68. The van der Waals surface area contributed by atoms with E-state index < -0.39 is 5.97 Å². The zero-order valence-electron chi connectivity index (χ0n) is 8.53. The summed E-state index contributed by atoms with van der Waals surface area (Å²) in [6.07, 6.45) is 0. The molecule has 0 bridgehead atoms. The topological polar surface area (TPSA) is 43.4 Å². The molecule has 0 aromatic heterocycles. The molecule has 1 aromatic rings. The second-order valence-corrected chi connectivity index (χ2v) is 3.61. The van der Waals surface area contributed by atoms with Crippen LogP contribution in [0.4, 0.5) is 0 Å². The first-order valence-corrected chi connectivity index (χ1v) is 4.72. The number of fused-ring (bicyclic) bond motifs is 1. The molecule has 15 heavy (non-hydrogen) atoms. The summed E-state index contributed by atoms with van der Waals surface area (Å²) >= 11 is 0. The van der Waals surface area contributed by atoms with Crippen molar-refractivity contribution >= 4 is 11.9 Å². The van der Waals surface area contributed by atoms with Crippen molar-refractivity contribution in [1.29, 1.82) is 0 Å². The van der Waals surface area contributed by atoms with Crippen molar-refractivity contribution in [1.82, 2.24) is 0 Å². The molecule has 1 aliphatic heterocycles. The second-order valence-electron chi connectivity index (χ2n) is 3.61. The molecule has 0 aliphatic carbocycles. The molecule has 0 radical (unpaired) electrons. The van der Waals surface area contributed by atoms with Gasteiger partial charge in [0.15, 0.2) is 0 Å². The quantitative estimate of drug-likeness (QED) is 0.279. The minimum Gasteiger partial charge on any atom is -0.422 e. The first kappa shape index (κ1) is 9.69. The second kappa shape index (κ2) is 3.37. The van der Waals surface area contributed by atoms with Crippen molar-refractivity contribution in [2.75, 3.05) is 0 Å². The number of carbonyl (C=O) groups is 1. The molecule has 0 fully saturated rings. The van der Waals surface area contributed by atoms with Gasteiger partial charge >= 0.3 is 5.97 Å². The lowest BCUT2D eigenvalue weighted by molar-refractivity contribution is -0.131. The van der Waals surface area contributed by atoms with E-state index >= 15 is 0 Å². The smallest absolute Gasteiger partial charge is 0.351 e. The highest BCUT2D eigenvalue weighted by molar-refractivity contribution is 6.01. The van der Waals surface area contributed by atoms with Gasteiger partial charge in [0, 0.05) is 11.5 Å². The summed E-state index contributed by atoms with van der Waals surface area (Å²) in [6, 6.07) is 5.49. The fraction of sp³-hybridized carbons (Fsp3) is 0.250. The van der Waals surface area contributed by atoms with E-state index in [-0.39, 0.29) is 11.5 Å². The van der Waals surface area contributed by atoms with Gasteiger partial charge in [0.1, 0.15) is 17.3 Å². The van der Waals surface area contributed by atoms with Crippen molar-refractivity contribution in [3.63, 3.8) is 0 Å². The Balaban J connectivity index is 2.66. The maximum atomic E-state index is 11.4. The van der Waals surface area contributed by atoms with Gasteiger partial charge < -0.3 is 4.74 Å². The first-order valence-electron chi connectivity index (χ1n) is 4.72. The van der Waals surface area contributed by atoms with E-state index in [0.717, 1.165) is 11.1 Å². The van der Waals surface area contributed by atoms with Crippen LogP contribution in [0.15, 0.2) is 23.8 Å². The Morgan fingerprint density at radius 1 is 1.40 bits per heavy atom. The van der Waals surface area contributed by atoms with Gasteiger partial charge in [-0.3, -0.25) is 0 Å². The molecule has 0 amide bonds. The molecule has 0 saturated heterocycles. The van der Waals surface area contributed by atoms with Crippen molar-refractivity contribution in [2.45, 2.75) is 19.8 Å². The molecule has 2 rings (SSSR count). The number of rotatable bonds is 0. The average molecular weight is 202 g/mol. The fourth-order valence-corrected chi connectivity index (χ4v) is 1.90. The minimum atomic E-state index is -0.587. The van der Waals surface area contributed by atoms with Gasteiger partial charge in [0.25, 0.3) is 0 Å². The van der Waals surface area contributed by atoms with Crippen molar-refractivity contribution in [3.8, 4) is 5.75 Å². The van der Waals surface area contributed by atoms with E-state index in [1.54, 1.807) is 12.0 Å². The Kier molecular flexibility index (Phi) is 2.18. The summed E-state index contributed by atoms with van der Waals surface area (Å²) in [4.78, 5) is 22.0. The predicted octanol–water partition coefficient (Wildman–Crippen LogP) is 1.78. The van der Waals surface area contributed by atoms with E-state index in [9.17, 15) is 9.59 Å². The molecular weight excluding hydrogens is 192 g/mol. The molecule has 1 atom stereocenters. The van der Waals surface area contributed by atoms with Gasteiger partial charge in [0.05, 0.1) is 0 Å². The van der Waals surface area contributed by atoms with Gasteiger partial charge in [-0.1, -0.05) is 19.1 Å². The zero-order chi connectivity index (χ0) is 11.0. The maximum Gasteiger partial charge on any atom is 0.351 e. The van der Waals surface area contributed by atoms with Gasteiger partial charge in [-0.05, 0) is 18.6 Å². The van der Waals surface area contributed by atoms with Crippen LogP contribution in [0.25, 0.3) is 0 Å². The lowest BCUT2D eigenvalue weighted by Gasteiger charge is -2.23. The first-order chi connectivity index (χ1) is 7.15. The summed E-state index contributed by atoms with van der Waals surface area (Å²) < 4.78 is 5.05. The SMILES string of the molecule is Cc1cccc2c1C(C)C(=C=O)C(=O)O2. The highest BCUT2D eigenvalue weighted by atomic mass is 16.5. The number of hydrogen-bond donors (Lipinski definition) is 0. The Morgan fingerprint density at radius 3 is 2.80 bits per heavy atom. The van der Waals surface area contributed by atoms with Crippen LogP contribution in [0.1, 0.15) is 24.0 Å². The standard InChI is InChI=1S/C12H10O3/c1-7-4-3-5-10-11(7)8(2)9(6-13)12(14)15-10/h3-5,8H,1-2H3. The van der Waals surface area contributed by atoms with E-state index in [1.807, 2.05) is 26.0 Å². The van der Waals surface area contributed by atoms with Crippen LogP contribution < -0.4 is 4.74 Å². The third-order valence-electron chi connectivity index (χ3n) is 2.68. The molecule has 1 aromatic carbocycles. The van der Waals surface area contributed by atoms with Crippen LogP contribution in [0, 0.1) is 6.92 Å². The summed E-state index contributed by atoms with van der Waals surface area (Å²) in [5.41, 5.74) is 1.98. The summed E-state index contributed by atoms with van der Waals surface area (Å²) in [5.74, 6) is 1.39. The number of aryl methyl sites for hydroxylation is 1. The zero-order valence-corrected chi connectivity index (χ0v) is 8.53. The Morgan fingerprint density at radius 2 is 2.13 bits per heavy atom. The summed E-state index contributed by atoms with van der Waals surface area (Å²) in [5, 5.41) is 0. The maximum absolute atomic E-state index is 11.4. The largest absolute Gasteiger partial charge is 0.422 e. The van der Waals surface area contributed by atoms with Crippen LogP contribution >= 0.6 is 0 Å². The Labute approximate surface area is 87.4 Å². The van der Waals surface area contributed by atoms with E-state index in [0.29, 0.717) is 5.75 Å². The van der Waals surface area contributed by atoms with Crippen molar-refractivity contribution in [3.05, 3.63) is 34.9 Å². The van der Waals surface area contributed by atoms with Crippen LogP contribution in [0.5, 0.6) is 5.75 Å². The highest BCUT2D eigenvalue weighted by Gasteiger charge is 2.31. The average Bonchev–Trinajstić information content (AvgIpc) is 2.17. The molecule has 3 heteroatoms. The molecule has 1 heterocycles. The molecular formula is C12H10O3. The summed E-state index contributed by atoms with van der Waals surface area (Å²) in [6.45, 7) is 3.74. The minimum absolute atomic E-state index is 0.0665. The highest BCUT2D eigenvalue weighted by Crippen LogP contribution is 2.37. The third kappa shape index (κ3) is 1.37. The molecule has 3 nitrogen and oxygen atoms in total. The molecule has 0 saturated carbocycles. The lowest BCUT2D eigenvalue weighted by Crippen LogP contribution is -2.23. The van der Waals surface area contributed by atoms with Crippen LogP contribution in [0.3, 0.4) is 0 Å². The monoisotopic (exact) mass is 202 g/mol. The molecule has 76 valence electrons. The predicted molar refractivity (Wildman–Crippen MR) is 54.4 cm³/mol. The van der Waals surface area contributed by atoms with E-state index in [2.05, 4.69) is 0 Å². The number of esters is 1. The normalized spacial score (nSPS) is 19.2. The van der Waals surface area contributed by atoms with E-state index in [4.69, 9.17) is 4.74 Å². The number of carbonyl (C=O) groups excluding carboxylic acids is 2. The molecule has 0 spiro atoms.